The number of pyridine rings is 1. The van der Waals surface area contributed by atoms with Crippen LogP contribution in [0, 0.1) is 17.7 Å². The molecule has 7 heteroatoms. The summed E-state index contributed by atoms with van der Waals surface area (Å²) >= 11 is 1.56. The molecule has 1 aliphatic rings. The maximum absolute atomic E-state index is 13.6. The van der Waals surface area contributed by atoms with Crippen molar-refractivity contribution in [2.24, 2.45) is 11.8 Å². The molecular formula is C29H31FN4OS. The number of thioether (sulfide) groups is 1. The number of fused-ring (bicyclic) bond motifs is 1. The Morgan fingerprint density at radius 1 is 1.08 bits per heavy atom. The molecule has 5 nitrogen and oxygen atoms in total. The van der Waals surface area contributed by atoms with Gasteiger partial charge in [-0.2, -0.15) is 0 Å². The minimum atomic E-state index is -0.236. The Morgan fingerprint density at radius 2 is 1.92 bits per heavy atom. The Morgan fingerprint density at radius 3 is 2.72 bits per heavy atom. The topological polar surface area (TPSA) is 59.8 Å². The average Bonchev–Trinajstić information content (AvgIpc) is 3.23. The predicted molar refractivity (Wildman–Crippen MR) is 142 cm³/mol. The van der Waals surface area contributed by atoms with Gasteiger partial charge in [0, 0.05) is 23.6 Å². The molecule has 0 unspecified atom stereocenters. The normalized spacial score (nSPS) is 19.9. The monoisotopic (exact) mass is 502 g/mol. The lowest BCUT2D eigenvalue weighted by molar-refractivity contribution is 0.0891. The molecule has 1 N–H and O–H groups in total. The van der Waals surface area contributed by atoms with E-state index in [4.69, 9.17) is 4.98 Å². The number of halogens is 1. The molecule has 0 bridgehead atoms. The highest BCUT2D eigenvalue weighted by Crippen LogP contribution is 2.30. The number of hydrogen-bond donors (Lipinski definition) is 1. The molecule has 1 fully saturated rings. The minimum Gasteiger partial charge on any atom is -0.349 e. The highest BCUT2D eigenvalue weighted by atomic mass is 32.2. The zero-order chi connectivity index (χ0) is 25.1. The second-order valence-corrected chi connectivity index (χ2v) is 10.7. The van der Waals surface area contributed by atoms with E-state index in [9.17, 15) is 9.18 Å². The van der Waals surface area contributed by atoms with Crippen LogP contribution in [0.15, 0.2) is 72.0 Å². The van der Waals surface area contributed by atoms with E-state index < -0.39 is 0 Å². The molecular weight excluding hydrogens is 471 g/mol. The fraction of sp³-hybridized carbons (Fsp3) is 0.345. The zero-order valence-corrected chi connectivity index (χ0v) is 21.5. The van der Waals surface area contributed by atoms with Crippen molar-refractivity contribution in [3.8, 4) is 0 Å². The van der Waals surface area contributed by atoms with Gasteiger partial charge >= 0.3 is 0 Å². The fourth-order valence-corrected chi connectivity index (χ4v) is 5.89. The van der Waals surface area contributed by atoms with Crippen molar-refractivity contribution >= 4 is 28.8 Å². The van der Waals surface area contributed by atoms with Crippen LogP contribution < -0.4 is 5.32 Å². The maximum Gasteiger partial charge on any atom is 0.251 e. The van der Waals surface area contributed by atoms with Gasteiger partial charge in [-0.05, 0) is 65.8 Å². The number of carbonyl (C=O) groups is 1. The van der Waals surface area contributed by atoms with Crippen molar-refractivity contribution in [3.63, 3.8) is 0 Å². The molecule has 36 heavy (non-hydrogen) atoms. The summed E-state index contributed by atoms with van der Waals surface area (Å²) in [5.41, 5.74) is 4.28. The first kappa shape index (κ1) is 24.5. The lowest BCUT2D eigenvalue weighted by Gasteiger charge is -2.34. The van der Waals surface area contributed by atoms with Gasteiger partial charge in [-0.3, -0.25) is 9.36 Å². The quantitative estimate of drug-likeness (QED) is 0.295. The number of amides is 1. The number of hydrogen-bond acceptors (Lipinski definition) is 4. The molecule has 1 amide bonds. The zero-order valence-electron chi connectivity index (χ0n) is 20.7. The van der Waals surface area contributed by atoms with Crippen LogP contribution in [0.4, 0.5) is 4.39 Å². The van der Waals surface area contributed by atoms with Gasteiger partial charge in [-0.25, -0.2) is 14.4 Å². The van der Waals surface area contributed by atoms with Crippen LogP contribution in [0.25, 0.3) is 11.2 Å². The van der Waals surface area contributed by atoms with Crippen LogP contribution in [-0.4, -0.2) is 26.5 Å². The molecule has 1 saturated carbocycles. The third-order valence-electron chi connectivity index (χ3n) is 7.31. The van der Waals surface area contributed by atoms with E-state index in [1.54, 1.807) is 30.1 Å². The number of carbonyl (C=O) groups excluding carboxylic acids is 1. The molecule has 0 aliphatic heterocycles. The molecule has 0 spiro atoms. The molecule has 1 aliphatic carbocycles. The third kappa shape index (κ3) is 5.46. The van der Waals surface area contributed by atoms with Crippen LogP contribution in [0.2, 0.25) is 0 Å². The first-order valence-electron chi connectivity index (χ1n) is 12.6. The molecule has 4 aromatic rings. The second kappa shape index (κ2) is 10.8. The van der Waals surface area contributed by atoms with E-state index in [1.165, 1.54) is 18.9 Å². The van der Waals surface area contributed by atoms with Crippen LogP contribution >= 0.6 is 11.8 Å². The smallest absolute Gasteiger partial charge is 0.251 e. The summed E-state index contributed by atoms with van der Waals surface area (Å²) < 4.78 is 15.7. The fourth-order valence-electron chi connectivity index (χ4n) is 4.95. The lowest BCUT2D eigenvalue weighted by Crippen LogP contribution is -2.43. The van der Waals surface area contributed by atoms with Gasteiger partial charge in [-0.15, -0.1) is 0 Å². The van der Waals surface area contributed by atoms with Crippen molar-refractivity contribution in [2.75, 3.05) is 0 Å². The van der Waals surface area contributed by atoms with Crippen LogP contribution in [0.1, 0.15) is 54.6 Å². The summed E-state index contributed by atoms with van der Waals surface area (Å²) in [7, 11) is 0. The average molecular weight is 503 g/mol. The number of aromatic nitrogens is 3. The van der Waals surface area contributed by atoms with Gasteiger partial charge in [0.1, 0.15) is 11.3 Å². The number of nitrogens with one attached hydrogen (secondary N) is 1. The van der Waals surface area contributed by atoms with Gasteiger partial charge in [0.25, 0.3) is 5.91 Å². The maximum atomic E-state index is 13.6. The molecule has 2 aromatic carbocycles. The van der Waals surface area contributed by atoms with E-state index in [0.29, 0.717) is 29.7 Å². The van der Waals surface area contributed by atoms with E-state index >= 15 is 0 Å². The second-order valence-electron chi connectivity index (χ2n) is 9.79. The molecule has 5 rings (SSSR count). The van der Waals surface area contributed by atoms with Crippen LogP contribution in [0.3, 0.4) is 0 Å². The van der Waals surface area contributed by atoms with Crippen molar-refractivity contribution in [1.82, 2.24) is 19.9 Å². The Bertz CT molecular complexity index is 1350. The standard InChI is InChI=1S/C29H31FN4OS/c1-19-6-3-9-25(20(19)2)32-28(35)23-13-11-21(12-14-23)17-34-27-26(10-5-15-31-27)33-29(34)36-18-22-7-4-8-24(30)16-22/h4-5,7-8,10-16,19-20,25H,3,6,9,17-18H2,1-2H3,(H,32,35)/t19-,20+,25+/m1/s1. The predicted octanol–water partition coefficient (Wildman–Crippen LogP) is 6.47. The number of nitrogens with zero attached hydrogens (tertiary/aromatic N) is 3. The summed E-state index contributed by atoms with van der Waals surface area (Å²) in [6, 6.07) is 18.5. The van der Waals surface area contributed by atoms with Gasteiger partial charge in [0.05, 0.1) is 6.54 Å². The minimum absolute atomic E-state index is 0.00594. The van der Waals surface area contributed by atoms with Crippen LogP contribution in [0.5, 0.6) is 0 Å². The van der Waals surface area contributed by atoms with Crippen molar-refractivity contribution in [2.45, 2.75) is 56.6 Å². The van der Waals surface area contributed by atoms with Gasteiger partial charge in [0.15, 0.2) is 10.8 Å². The van der Waals surface area contributed by atoms with E-state index in [2.05, 4.69) is 28.7 Å². The van der Waals surface area contributed by atoms with Crippen molar-refractivity contribution < 1.29 is 9.18 Å². The Labute approximate surface area is 215 Å². The summed E-state index contributed by atoms with van der Waals surface area (Å²) in [6.07, 6.45) is 5.22. The number of rotatable bonds is 7. The molecule has 2 aromatic heterocycles. The summed E-state index contributed by atoms with van der Waals surface area (Å²) in [4.78, 5) is 22.2. The molecule has 0 radical (unpaired) electrons. The van der Waals surface area contributed by atoms with E-state index in [0.717, 1.165) is 33.9 Å². The third-order valence-corrected chi connectivity index (χ3v) is 8.35. The first-order valence-corrected chi connectivity index (χ1v) is 13.5. The first-order chi connectivity index (χ1) is 17.5. The highest BCUT2D eigenvalue weighted by Gasteiger charge is 2.28. The van der Waals surface area contributed by atoms with Crippen molar-refractivity contribution in [1.29, 1.82) is 0 Å². The van der Waals surface area contributed by atoms with Gasteiger partial charge in [0.2, 0.25) is 0 Å². The Balaban J connectivity index is 1.31. The Hall–Kier alpha value is -3.19. The largest absolute Gasteiger partial charge is 0.349 e. The van der Waals surface area contributed by atoms with E-state index in [1.807, 2.05) is 42.5 Å². The van der Waals surface area contributed by atoms with Crippen molar-refractivity contribution in [3.05, 3.63) is 89.4 Å². The van der Waals surface area contributed by atoms with Gasteiger partial charge < -0.3 is 5.32 Å². The molecule has 2 heterocycles. The van der Waals surface area contributed by atoms with Crippen LogP contribution in [-0.2, 0) is 12.3 Å². The Kier molecular flexibility index (Phi) is 7.37. The summed E-state index contributed by atoms with van der Waals surface area (Å²) in [5.74, 6) is 1.50. The molecule has 186 valence electrons. The lowest BCUT2D eigenvalue weighted by atomic mass is 9.78. The van der Waals surface area contributed by atoms with Gasteiger partial charge in [-0.1, -0.05) is 62.7 Å². The van der Waals surface area contributed by atoms with E-state index in [-0.39, 0.29) is 17.8 Å². The SMILES string of the molecule is C[C@H]1[C@H](C)CCC[C@@H]1NC(=O)c1ccc(Cn2c(SCc3cccc(F)c3)nc3cccnc32)cc1. The molecule has 0 saturated heterocycles. The number of imidazole rings is 1. The number of benzene rings is 2. The summed E-state index contributed by atoms with van der Waals surface area (Å²) in [5, 5.41) is 4.08. The highest BCUT2D eigenvalue weighted by molar-refractivity contribution is 7.98. The summed E-state index contributed by atoms with van der Waals surface area (Å²) in [6.45, 7) is 5.10. The molecule has 3 atom stereocenters.